The van der Waals surface area contributed by atoms with Crippen LogP contribution in [0.2, 0.25) is 0 Å². The zero-order valence-corrected chi connectivity index (χ0v) is 11.3. The Bertz CT molecular complexity index is 519. The van der Waals surface area contributed by atoms with Crippen molar-refractivity contribution < 1.29 is 22.9 Å². The molecular weight excluding hydrogens is 389 g/mol. The van der Waals surface area contributed by atoms with Gasteiger partial charge in [0.25, 0.3) is 5.69 Å². The second-order valence-corrected chi connectivity index (χ2v) is 4.51. The highest BCUT2D eigenvalue weighted by Gasteiger charge is 2.37. The number of ketones is 1. The topological polar surface area (TPSA) is 60.2 Å². The van der Waals surface area contributed by atoms with E-state index in [2.05, 4.69) is 0 Å². The lowest BCUT2D eigenvalue weighted by Crippen LogP contribution is -2.12. The highest BCUT2D eigenvalue weighted by Crippen LogP contribution is 2.37. The second-order valence-electron chi connectivity index (χ2n) is 3.17. The van der Waals surface area contributed by atoms with Crippen LogP contribution in [-0.4, -0.2) is 16.6 Å². The number of rotatable bonds is 3. The van der Waals surface area contributed by atoms with Crippen molar-refractivity contribution in [2.75, 3.05) is 5.88 Å². The van der Waals surface area contributed by atoms with Crippen molar-refractivity contribution in [2.45, 2.75) is 6.18 Å². The predicted molar refractivity (Wildman–Crippen MR) is 65.9 cm³/mol. The molecule has 0 saturated carbocycles. The number of benzene rings is 1. The van der Waals surface area contributed by atoms with Gasteiger partial charge in [-0.1, -0.05) is 0 Å². The largest absolute Gasteiger partial charge is 0.417 e. The lowest BCUT2D eigenvalue weighted by molar-refractivity contribution is -0.386. The standard InChI is InChI=1S/C9H4ClF3INO3/c10-3-7(16)4-1-5(9(11,12)13)8(14)6(2-4)15(17)18/h1-2H,3H2. The van der Waals surface area contributed by atoms with Crippen molar-refractivity contribution >= 4 is 45.7 Å². The molecule has 0 amide bonds. The van der Waals surface area contributed by atoms with E-state index in [9.17, 15) is 28.1 Å². The fourth-order valence-corrected chi connectivity index (χ4v) is 2.15. The summed E-state index contributed by atoms with van der Waals surface area (Å²) >= 11 is 6.45. The molecule has 0 unspecified atom stereocenters. The number of nitro benzene ring substituents is 1. The molecule has 0 spiro atoms. The summed E-state index contributed by atoms with van der Waals surface area (Å²) in [7, 11) is 0. The van der Waals surface area contributed by atoms with Gasteiger partial charge in [-0.15, -0.1) is 11.6 Å². The van der Waals surface area contributed by atoms with Crippen LogP contribution < -0.4 is 0 Å². The quantitative estimate of drug-likeness (QED) is 0.259. The van der Waals surface area contributed by atoms with Crippen LogP contribution in [0.1, 0.15) is 15.9 Å². The Morgan fingerprint density at radius 2 is 2.00 bits per heavy atom. The molecule has 1 aromatic carbocycles. The summed E-state index contributed by atoms with van der Waals surface area (Å²) in [6.45, 7) is 0. The molecule has 0 N–H and O–H groups in total. The maximum Gasteiger partial charge on any atom is 0.417 e. The number of carbonyl (C=O) groups is 1. The number of nitro groups is 1. The first-order valence-corrected chi connectivity index (χ1v) is 5.94. The van der Waals surface area contributed by atoms with Gasteiger partial charge in [0, 0.05) is 11.6 Å². The van der Waals surface area contributed by atoms with Crippen LogP contribution in [0.5, 0.6) is 0 Å². The zero-order chi connectivity index (χ0) is 14.1. The van der Waals surface area contributed by atoms with Crippen LogP contribution >= 0.6 is 34.2 Å². The van der Waals surface area contributed by atoms with Crippen molar-refractivity contribution in [1.82, 2.24) is 0 Å². The van der Waals surface area contributed by atoms with Gasteiger partial charge in [0.15, 0.2) is 5.78 Å². The van der Waals surface area contributed by atoms with E-state index in [0.717, 1.165) is 6.07 Å². The first-order valence-electron chi connectivity index (χ1n) is 4.32. The normalized spacial score (nSPS) is 11.4. The first kappa shape index (κ1) is 15.2. The highest BCUT2D eigenvalue weighted by molar-refractivity contribution is 14.1. The SMILES string of the molecule is O=C(CCl)c1cc([N+](=O)[O-])c(I)c(C(F)(F)F)c1. The summed E-state index contributed by atoms with van der Waals surface area (Å²) in [4.78, 5) is 20.9. The van der Waals surface area contributed by atoms with Crippen LogP contribution in [0.15, 0.2) is 12.1 Å². The summed E-state index contributed by atoms with van der Waals surface area (Å²) in [5, 5.41) is 10.7. The van der Waals surface area contributed by atoms with Crippen LogP contribution in [-0.2, 0) is 6.18 Å². The van der Waals surface area contributed by atoms with Gasteiger partial charge in [-0.25, -0.2) is 0 Å². The summed E-state index contributed by atoms with van der Waals surface area (Å²) in [5.41, 5.74) is -2.41. The molecule has 0 bridgehead atoms. The number of hydrogen-bond acceptors (Lipinski definition) is 3. The summed E-state index contributed by atoms with van der Waals surface area (Å²) < 4.78 is 37.4. The molecule has 0 fully saturated rings. The monoisotopic (exact) mass is 393 g/mol. The third kappa shape index (κ3) is 3.10. The van der Waals surface area contributed by atoms with Crippen LogP contribution in [0.4, 0.5) is 18.9 Å². The van der Waals surface area contributed by atoms with Gasteiger partial charge in [-0.2, -0.15) is 13.2 Å². The van der Waals surface area contributed by atoms with Gasteiger partial charge in [-0.3, -0.25) is 14.9 Å². The molecule has 0 aromatic heterocycles. The zero-order valence-electron chi connectivity index (χ0n) is 8.42. The van der Waals surface area contributed by atoms with E-state index in [1.165, 1.54) is 22.6 Å². The van der Waals surface area contributed by atoms with E-state index in [4.69, 9.17) is 11.6 Å². The van der Waals surface area contributed by atoms with E-state index in [1.54, 1.807) is 0 Å². The lowest BCUT2D eigenvalue weighted by Gasteiger charge is -2.10. The molecule has 0 heterocycles. The summed E-state index contributed by atoms with van der Waals surface area (Å²) in [6.07, 6.45) is -4.77. The molecule has 1 aromatic rings. The molecular formula is C9H4ClF3INO3. The van der Waals surface area contributed by atoms with Crippen molar-refractivity contribution in [3.8, 4) is 0 Å². The Morgan fingerprint density at radius 3 is 2.39 bits per heavy atom. The minimum atomic E-state index is -4.77. The van der Waals surface area contributed by atoms with Gasteiger partial charge in [0.2, 0.25) is 0 Å². The smallest absolute Gasteiger partial charge is 0.293 e. The van der Waals surface area contributed by atoms with Gasteiger partial charge in [-0.05, 0) is 28.7 Å². The molecule has 0 aliphatic heterocycles. The summed E-state index contributed by atoms with van der Waals surface area (Å²) in [5.74, 6) is -1.35. The molecule has 0 aliphatic rings. The molecule has 98 valence electrons. The Balaban J connectivity index is 3.57. The number of nitrogens with zero attached hydrogens (tertiary/aromatic N) is 1. The number of Topliss-reactive ketones (excluding diaryl/α,β-unsaturated/α-hetero) is 1. The third-order valence-corrected chi connectivity index (χ3v) is 3.38. The van der Waals surface area contributed by atoms with Crippen molar-refractivity contribution in [1.29, 1.82) is 0 Å². The molecule has 0 saturated heterocycles. The molecule has 0 atom stereocenters. The predicted octanol–water partition coefficient (Wildman–Crippen LogP) is 3.64. The third-order valence-electron chi connectivity index (χ3n) is 2.00. The average Bonchev–Trinajstić information content (AvgIpc) is 2.26. The van der Waals surface area contributed by atoms with Gasteiger partial charge < -0.3 is 0 Å². The van der Waals surface area contributed by atoms with Crippen LogP contribution in [0.25, 0.3) is 0 Å². The van der Waals surface area contributed by atoms with Gasteiger partial charge >= 0.3 is 6.18 Å². The second kappa shape index (κ2) is 5.39. The number of alkyl halides is 4. The number of hydrogen-bond donors (Lipinski definition) is 0. The van der Waals surface area contributed by atoms with E-state index < -0.39 is 43.1 Å². The first-order chi connectivity index (χ1) is 8.18. The van der Waals surface area contributed by atoms with E-state index >= 15 is 0 Å². The van der Waals surface area contributed by atoms with E-state index in [-0.39, 0.29) is 0 Å². The van der Waals surface area contributed by atoms with E-state index in [1.807, 2.05) is 0 Å². The van der Waals surface area contributed by atoms with Crippen LogP contribution in [0, 0.1) is 13.7 Å². The maximum atomic E-state index is 12.7. The Hall–Kier alpha value is -0.900. The Morgan fingerprint density at radius 1 is 1.44 bits per heavy atom. The molecule has 1 rings (SSSR count). The van der Waals surface area contributed by atoms with Crippen LogP contribution in [0.3, 0.4) is 0 Å². The Labute approximate surface area is 117 Å². The molecule has 0 radical (unpaired) electrons. The molecule has 9 heteroatoms. The molecule has 0 aliphatic carbocycles. The van der Waals surface area contributed by atoms with Gasteiger partial charge in [0.1, 0.15) is 3.57 Å². The lowest BCUT2D eigenvalue weighted by atomic mass is 10.1. The maximum absolute atomic E-state index is 12.7. The average molecular weight is 393 g/mol. The fourth-order valence-electron chi connectivity index (χ4n) is 1.19. The molecule has 4 nitrogen and oxygen atoms in total. The molecule has 18 heavy (non-hydrogen) atoms. The number of halogens is 5. The minimum Gasteiger partial charge on any atom is -0.293 e. The minimum absolute atomic E-state index is 0.426. The van der Waals surface area contributed by atoms with Crippen molar-refractivity contribution in [3.63, 3.8) is 0 Å². The highest BCUT2D eigenvalue weighted by atomic mass is 127. The van der Waals surface area contributed by atoms with Crippen molar-refractivity contribution in [3.05, 3.63) is 36.9 Å². The summed E-state index contributed by atoms with van der Waals surface area (Å²) in [6, 6.07) is 1.36. The van der Waals surface area contributed by atoms with Gasteiger partial charge in [0.05, 0.1) is 16.4 Å². The number of carbonyl (C=O) groups excluding carboxylic acids is 1. The van der Waals surface area contributed by atoms with E-state index in [0.29, 0.717) is 6.07 Å². The van der Waals surface area contributed by atoms with Crippen molar-refractivity contribution in [2.24, 2.45) is 0 Å². The Kier molecular flexibility index (Phi) is 4.54. The fraction of sp³-hybridized carbons (Fsp3) is 0.222.